The number of rotatable bonds is 0. The molecule has 0 unspecified atom stereocenters. The maximum absolute atomic E-state index is 11.5. The van der Waals surface area contributed by atoms with E-state index in [-0.39, 0.29) is 23.4 Å². The molecule has 2 heterocycles. The molecule has 4 nitrogen and oxygen atoms in total. The Balaban J connectivity index is 1.56. The molecule has 2 N–H and O–H groups in total. The fraction of sp³-hybridized carbons (Fsp3) is 0.714. The van der Waals surface area contributed by atoms with Crippen LogP contribution in [-0.4, -0.2) is 33.8 Å². The summed E-state index contributed by atoms with van der Waals surface area (Å²) in [5, 5.41) is 21.8. The van der Waals surface area contributed by atoms with Crippen LogP contribution in [0.15, 0.2) is 12.1 Å². The summed E-state index contributed by atoms with van der Waals surface area (Å²) in [6.07, 6.45) is 8.31. The summed E-state index contributed by atoms with van der Waals surface area (Å²) >= 11 is 0. The highest BCUT2D eigenvalue weighted by molar-refractivity contribution is 5.68. The van der Waals surface area contributed by atoms with Gasteiger partial charge in [0.2, 0.25) is 0 Å². The number of aliphatic hydroxyl groups is 2. The van der Waals surface area contributed by atoms with Gasteiger partial charge in [0, 0.05) is 17.3 Å². The summed E-state index contributed by atoms with van der Waals surface area (Å²) < 4.78 is 14.0. The Morgan fingerprint density at radius 2 is 1.78 bits per heavy atom. The first-order chi connectivity index (χ1) is 15.0. The first-order valence-corrected chi connectivity index (χ1v) is 12.6. The minimum Gasteiger partial charge on any atom is -0.393 e. The van der Waals surface area contributed by atoms with E-state index in [1.165, 1.54) is 27.8 Å². The molecule has 2 bridgehead atoms. The van der Waals surface area contributed by atoms with Crippen LogP contribution < -0.4 is 0 Å². The quantitative estimate of drug-likeness (QED) is 0.619. The first-order valence-electron chi connectivity index (χ1n) is 12.6. The number of hydrogen-bond donors (Lipinski definition) is 2. The Morgan fingerprint density at radius 1 is 1.03 bits per heavy atom. The van der Waals surface area contributed by atoms with E-state index in [1.54, 1.807) is 0 Å². The molecule has 0 radical (unpaired) electrons. The lowest BCUT2D eigenvalue weighted by Gasteiger charge is -2.60. The zero-order valence-electron chi connectivity index (χ0n) is 20.4. The zero-order valence-corrected chi connectivity index (χ0v) is 20.4. The second-order valence-corrected chi connectivity index (χ2v) is 12.1. The van der Waals surface area contributed by atoms with Gasteiger partial charge in [-0.15, -0.1) is 0 Å². The normalized spacial score (nSPS) is 47.9. The smallest absolute Gasteiger partial charge is 0.199 e. The van der Waals surface area contributed by atoms with Crippen molar-refractivity contribution in [2.75, 3.05) is 0 Å². The molecule has 2 aliphatic heterocycles. The highest BCUT2D eigenvalue weighted by atomic mass is 16.7. The van der Waals surface area contributed by atoms with Crippen LogP contribution in [0.5, 0.6) is 0 Å². The third-order valence-electron chi connectivity index (χ3n) is 10.5. The van der Waals surface area contributed by atoms with E-state index < -0.39 is 23.1 Å². The predicted octanol–water partition coefficient (Wildman–Crippen LogP) is 4.65. The van der Waals surface area contributed by atoms with E-state index in [2.05, 4.69) is 59.8 Å². The fourth-order valence-electron chi connectivity index (χ4n) is 8.19. The van der Waals surface area contributed by atoms with Gasteiger partial charge in [0.15, 0.2) is 5.79 Å². The van der Waals surface area contributed by atoms with Gasteiger partial charge >= 0.3 is 0 Å². The molecule has 1 aromatic carbocycles. The average Bonchev–Trinajstić information content (AvgIpc) is 3.06. The third-order valence-corrected chi connectivity index (χ3v) is 10.5. The SMILES string of the molecule is Cc1c2c(cc3c1C[C@@H](O)CC3)[C@]13CC[C@H]([C@H](C)[C@@]4(OC(C)(C)[C@@H](C)[C@H]4O)O1)[C@@]3(C)C=C2. The second kappa shape index (κ2) is 6.27. The number of aliphatic hydroxyl groups excluding tert-OH is 2. The molecule has 1 spiro atoms. The van der Waals surface area contributed by atoms with Crippen molar-refractivity contribution < 1.29 is 19.7 Å². The zero-order chi connectivity index (χ0) is 22.8. The van der Waals surface area contributed by atoms with Gasteiger partial charge in [0.25, 0.3) is 0 Å². The number of fused-ring (bicyclic) bond motifs is 2. The molecule has 0 amide bonds. The van der Waals surface area contributed by atoms with Crippen LogP contribution in [0.4, 0.5) is 0 Å². The number of ether oxygens (including phenoxy) is 2. The van der Waals surface area contributed by atoms with Crippen LogP contribution >= 0.6 is 0 Å². The van der Waals surface area contributed by atoms with E-state index in [4.69, 9.17) is 9.47 Å². The van der Waals surface area contributed by atoms with Gasteiger partial charge in [-0.1, -0.05) is 39.0 Å². The monoisotopic (exact) mass is 438 g/mol. The van der Waals surface area contributed by atoms with E-state index in [0.717, 1.165) is 32.1 Å². The number of aryl methyl sites for hydroxylation is 1. The van der Waals surface area contributed by atoms with Crippen LogP contribution in [0.3, 0.4) is 0 Å². The van der Waals surface area contributed by atoms with E-state index >= 15 is 0 Å². The number of hydrogen-bond acceptors (Lipinski definition) is 4. The molecule has 5 aliphatic rings. The van der Waals surface area contributed by atoms with E-state index in [0.29, 0.717) is 5.92 Å². The lowest BCUT2D eigenvalue weighted by Crippen LogP contribution is -2.64. The standard InChI is InChI=1S/C28H38O4/c1-15-20-9-11-26(6)22-10-12-27(26,23(20)13-18-7-8-19(29)14-21(15)18)32-28(16(22)2)24(30)17(3)25(4,5)31-28/h9,11,13,16-17,19,22,24,29-30H,7-8,10,12,14H2,1-6H3/t16-,17-,19-,22+,24+,26+,27-,28+/m0/s1. The highest BCUT2D eigenvalue weighted by Gasteiger charge is 2.74. The Kier molecular flexibility index (Phi) is 4.18. The minimum absolute atomic E-state index is 0.00420. The molecule has 1 aromatic rings. The van der Waals surface area contributed by atoms with Crippen molar-refractivity contribution in [1.82, 2.24) is 0 Å². The molecule has 0 aromatic heterocycles. The Labute approximate surface area is 192 Å². The van der Waals surface area contributed by atoms with Crippen molar-refractivity contribution in [3.05, 3.63) is 40.0 Å². The van der Waals surface area contributed by atoms with Gasteiger partial charge in [0.1, 0.15) is 11.7 Å². The molecule has 1 saturated carbocycles. The molecule has 32 heavy (non-hydrogen) atoms. The van der Waals surface area contributed by atoms with Crippen LogP contribution in [0.25, 0.3) is 6.08 Å². The predicted molar refractivity (Wildman–Crippen MR) is 124 cm³/mol. The second-order valence-electron chi connectivity index (χ2n) is 12.1. The summed E-state index contributed by atoms with van der Waals surface area (Å²) in [7, 11) is 0. The van der Waals surface area contributed by atoms with E-state index in [1.807, 2.05) is 0 Å². The molecule has 3 aliphatic carbocycles. The van der Waals surface area contributed by atoms with Gasteiger partial charge in [-0.3, -0.25) is 0 Å². The molecule has 4 heteroatoms. The maximum atomic E-state index is 11.5. The number of benzene rings is 1. The summed E-state index contributed by atoms with van der Waals surface area (Å²) in [4.78, 5) is 0. The third kappa shape index (κ3) is 2.28. The Morgan fingerprint density at radius 3 is 2.47 bits per heavy atom. The molecule has 174 valence electrons. The Bertz CT molecular complexity index is 1030. The lowest BCUT2D eigenvalue weighted by atomic mass is 9.57. The molecule has 2 saturated heterocycles. The Hall–Kier alpha value is -1.20. The van der Waals surface area contributed by atoms with Crippen molar-refractivity contribution in [2.45, 2.75) is 103 Å². The van der Waals surface area contributed by atoms with Gasteiger partial charge < -0.3 is 19.7 Å². The van der Waals surface area contributed by atoms with Gasteiger partial charge in [-0.25, -0.2) is 0 Å². The molecular weight excluding hydrogens is 400 g/mol. The average molecular weight is 439 g/mol. The largest absolute Gasteiger partial charge is 0.393 e. The summed E-state index contributed by atoms with van der Waals surface area (Å²) in [5.74, 6) is -0.501. The van der Waals surface area contributed by atoms with Crippen molar-refractivity contribution in [3.8, 4) is 0 Å². The van der Waals surface area contributed by atoms with Crippen LogP contribution in [0.1, 0.15) is 81.7 Å². The molecule has 3 fully saturated rings. The van der Waals surface area contributed by atoms with Crippen molar-refractivity contribution in [2.24, 2.45) is 23.2 Å². The highest BCUT2D eigenvalue weighted by Crippen LogP contribution is 2.71. The van der Waals surface area contributed by atoms with Crippen LogP contribution in [0.2, 0.25) is 0 Å². The maximum Gasteiger partial charge on any atom is 0.199 e. The van der Waals surface area contributed by atoms with Crippen LogP contribution in [-0.2, 0) is 27.9 Å². The van der Waals surface area contributed by atoms with Gasteiger partial charge in [-0.2, -0.15) is 0 Å². The molecule has 8 atom stereocenters. The topological polar surface area (TPSA) is 58.9 Å². The first kappa shape index (κ1) is 21.3. The van der Waals surface area contributed by atoms with E-state index in [9.17, 15) is 10.2 Å². The molecular formula is C28H38O4. The summed E-state index contributed by atoms with van der Waals surface area (Å²) in [5.41, 5.74) is 5.42. The fourth-order valence-corrected chi connectivity index (χ4v) is 8.19. The summed E-state index contributed by atoms with van der Waals surface area (Å²) in [6.45, 7) is 13.1. The van der Waals surface area contributed by atoms with Crippen molar-refractivity contribution in [1.29, 1.82) is 0 Å². The van der Waals surface area contributed by atoms with Crippen LogP contribution in [0, 0.1) is 30.1 Å². The van der Waals surface area contributed by atoms with Gasteiger partial charge in [0.05, 0.1) is 11.7 Å². The van der Waals surface area contributed by atoms with Crippen molar-refractivity contribution in [3.63, 3.8) is 0 Å². The van der Waals surface area contributed by atoms with Gasteiger partial charge in [-0.05, 0) is 86.6 Å². The minimum atomic E-state index is -0.980. The summed E-state index contributed by atoms with van der Waals surface area (Å²) in [6, 6.07) is 2.38. The molecule has 6 rings (SSSR count). The lowest BCUT2D eigenvalue weighted by molar-refractivity contribution is -0.382. The van der Waals surface area contributed by atoms with Crippen molar-refractivity contribution >= 4 is 6.08 Å².